The van der Waals surface area contributed by atoms with Gasteiger partial charge in [0.05, 0.1) is 0 Å². The minimum absolute atomic E-state index is 0.0400. The van der Waals surface area contributed by atoms with Gasteiger partial charge in [-0.25, -0.2) is 0 Å². The fourth-order valence-electron chi connectivity index (χ4n) is 12.1. The SMILES string of the molecule is CCCCCC1(CCCCC)OC2(CC(C)(C)NC(C)(C)C2)ON1CCCCCCCCCCN1OC2(CC(C)(C)NC(C)(C)C2)OC1(CCCCC)CCCCC. The van der Waals surface area contributed by atoms with E-state index in [9.17, 15) is 0 Å². The predicted molar refractivity (Wildman–Crippen MR) is 243 cm³/mol. The molecule has 0 aromatic carbocycles. The van der Waals surface area contributed by atoms with Gasteiger partial charge in [-0.3, -0.25) is 9.68 Å². The lowest BCUT2D eigenvalue weighted by molar-refractivity contribution is -0.266. The lowest BCUT2D eigenvalue weighted by Gasteiger charge is -2.50. The average molecular weight is 819 g/mol. The van der Waals surface area contributed by atoms with E-state index in [2.05, 4.69) is 104 Å². The first kappa shape index (κ1) is 50.3. The van der Waals surface area contributed by atoms with Gasteiger partial charge in [-0.2, -0.15) is 10.1 Å². The van der Waals surface area contributed by atoms with Gasteiger partial charge in [-0.1, -0.05) is 118 Å². The molecule has 0 saturated carbocycles. The molecule has 8 heteroatoms. The van der Waals surface area contributed by atoms with E-state index >= 15 is 0 Å². The first-order chi connectivity index (χ1) is 27.3. The summed E-state index contributed by atoms with van der Waals surface area (Å²) in [7, 11) is 0. The van der Waals surface area contributed by atoms with Gasteiger partial charge in [0.25, 0.3) is 0 Å². The third kappa shape index (κ3) is 14.6. The second-order valence-electron chi connectivity index (χ2n) is 22.5. The zero-order valence-corrected chi connectivity index (χ0v) is 40.7. The monoisotopic (exact) mass is 819 g/mol. The van der Waals surface area contributed by atoms with Gasteiger partial charge >= 0.3 is 0 Å². The normalized spacial score (nSPS) is 25.2. The van der Waals surface area contributed by atoms with Gasteiger partial charge in [-0.05, 0) is 120 Å². The predicted octanol–water partition coefficient (Wildman–Crippen LogP) is 13.6. The van der Waals surface area contributed by atoms with E-state index in [1.807, 2.05) is 0 Å². The largest absolute Gasteiger partial charge is 0.325 e. The van der Waals surface area contributed by atoms with Crippen LogP contribution >= 0.6 is 0 Å². The topological polar surface area (TPSA) is 67.5 Å². The van der Waals surface area contributed by atoms with E-state index < -0.39 is 11.6 Å². The van der Waals surface area contributed by atoms with Crippen molar-refractivity contribution in [3.05, 3.63) is 0 Å². The van der Waals surface area contributed by atoms with Crippen LogP contribution in [0.2, 0.25) is 0 Å². The van der Waals surface area contributed by atoms with Gasteiger partial charge in [-0.15, -0.1) is 0 Å². The first-order valence-electron chi connectivity index (χ1n) is 25.2. The number of hydroxylamine groups is 4. The minimum atomic E-state index is -0.547. The molecule has 0 bridgehead atoms. The van der Waals surface area contributed by atoms with Crippen LogP contribution in [-0.2, 0) is 19.1 Å². The van der Waals surface area contributed by atoms with Crippen LogP contribution in [0.5, 0.6) is 0 Å². The van der Waals surface area contributed by atoms with Crippen LogP contribution in [0.15, 0.2) is 0 Å². The van der Waals surface area contributed by atoms with Crippen LogP contribution in [0.25, 0.3) is 0 Å². The summed E-state index contributed by atoms with van der Waals surface area (Å²) in [5.74, 6) is -1.09. The first-order valence-corrected chi connectivity index (χ1v) is 25.2. The average Bonchev–Trinajstić information content (AvgIpc) is 3.52. The maximum absolute atomic E-state index is 7.38. The summed E-state index contributed by atoms with van der Waals surface area (Å²) in [6, 6.07) is 0. The van der Waals surface area contributed by atoms with E-state index in [1.54, 1.807) is 0 Å². The van der Waals surface area contributed by atoms with Crippen molar-refractivity contribution >= 4 is 0 Å². The lowest BCUT2D eigenvalue weighted by Crippen LogP contribution is -2.64. The Kier molecular flexibility index (Phi) is 19.0. The number of hydrogen-bond donors (Lipinski definition) is 2. The number of unbranched alkanes of at least 4 members (excludes halogenated alkanes) is 15. The van der Waals surface area contributed by atoms with E-state index in [1.165, 1.54) is 128 Å². The molecule has 2 N–H and O–H groups in total. The number of hydrogen-bond acceptors (Lipinski definition) is 8. The van der Waals surface area contributed by atoms with Crippen LogP contribution in [0.3, 0.4) is 0 Å². The van der Waals surface area contributed by atoms with Gasteiger partial charge < -0.3 is 20.1 Å². The summed E-state index contributed by atoms with van der Waals surface area (Å²) in [4.78, 5) is 14.2. The van der Waals surface area contributed by atoms with E-state index in [0.717, 1.165) is 64.5 Å². The summed E-state index contributed by atoms with van der Waals surface area (Å²) in [5.41, 5.74) is -0.768. The molecule has 0 aromatic rings. The molecule has 4 aliphatic rings. The van der Waals surface area contributed by atoms with E-state index in [0.29, 0.717) is 0 Å². The summed E-state index contributed by atoms with van der Waals surface area (Å²) in [5, 5.41) is 12.5. The fourth-order valence-corrected chi connectivity index (χ4v) is 12.1. The Balaban J connectivity index is 1.29. The van der Waals surface area contributed by atoms with Crippen LogP contribution in [0, 0.1) is 0 Å². The molecule has 0 radical (unpaired) electrons. The molecule has 4 saturated heterocycles. The zero-order valence-electron chi connectivity index (χ0n) is 40.7. The second-order valence-corrected chi connectivity index (χ2v) is 22.5. The Hall–Kier alpha value is -0.320. The number of nitrogens with zero attached hydrogens (tertiary/aromatic N) is 2. The second kappa shape index (κ2) is 21.8. The summed E-state index contributed by atoms with van der Waals surface area (Å²) in [6.07, 6.45) is 32.6. The zero-order chi connectivity index (χ0) is 42.6. The molecule has 0 aromatic heterocycles. The molecule has 342 valence electrons. The fraction of sp³-hybridized carbons (Fsp3) is 1.00. The highest BCUT2D eigenvalue weighted by molar-refractivity contribution is 5.06. The molecule has 58 heavy (non-hydrogen) atoms. The highest BCUT2D eigenvalue weighted by Crippen LogP contribution is 2.52. The van der Waals surface area contributed by atoms with Gasteiger partial charge in [0.1, 0.15) is 11.4 Å². The number of piperidine rings is 2. The molecule has 8 nitrogen and oxygen atoms in total. The van der Waals surface area contributed by atoms with Gasteiger partial charge in [0, 0.05) is 60.9 Å². The van der Waals surface area contributed by atoms with Crippen LogP contribution in [-0.4, -0.2) is 68.4 Å². The molecule has 4 heterocycles. The van der Waals surface area contributed by atoms with Crippen LogP contribution in [0.4, 0.5) is 0 Å². The molecular weight excluding hydrogens is 721 g/mol. The van der Waals surface area contributed by atoms with Crippen LogP contribution < -0.4 is 10.6 Å². The van der Waals surface area contributed by atoms with Crippen molar-refractivity contribution in [3.8, 4) is 0 Å². The Labute approximate surface area is 360 Å². The molecule has 0 aliphatic carbocycles. The van der Waals surface area contributed by atoms with E-state index in [-0.39, 0.29) is 33.6 Å². The van der Waals surface area contributed by atoms with Crippen LogP contribution in [0.1, 0.15) is 263 Å². The van der Waals surface area contributed by atoms with Crippen molar-refractivity contribution in [2.75, 3.05) is 13.1 Å². The number of rotatable bonds is 27. The third-order valence-corrected chi connectivity index (χ3v) is 13.6. The van der Waals surface area contributed by atoms with Gasteiger partial charge in [0.15, 0.2) is 11.6 Å². The number of nitrogens with one attached hydrogen (secondary N) is 2. The smallest absolute Gasteiger partial charge is 0.193 e. The molecule has 0 amide bonds. The maximum Gasteiger partial charge on any atom is 0.193 e. The molecule has 0 atom stereocenters. The lowest BCUT2D eigenvalue weighted by atomic mass is 9.78. The Morgan fingerprint density at radius 2 is 0.621 bits per heavy atom. The standard InChI is InChI=1S/C50H98N4O4/c1-13-17-27-33-47(34-28-18-14-2)53(57-49(55-47)39-43(5,6)51-44(7,8)40-49)37-31-25-23-21-22-24-26-32-38-54-48(35-29-19-15-3,36-30-20-16-4)56-50(58-54)41-45(9,10)52-46(11,12)42-50/h51-52H,13-42H2,1-12H3. The maximum atomic E-state index is 7.38. The molecular formula is C50H98N4O4. The van der Waals surface area contributed by atoms with Crippen molar-refractivity contribution in [2.45, 2.75) is 308 Å². The summed E-state index contributed by atoms with van der Waals surface area (Å²) < 4.78 is 14.8. The quantitative estimate of drug-likeness (QED) is 0.0795. The molecule has 2 spiro atoms. The summed E-state index contributed by atoms with van der Waals surface area (Å²) in [6.45, 7) is 29.7. The van der Waals surface area contributed by atoms with Crippen molar-refractivity contribution in [2.24, 2.45) is 0 Å². The van der Waals surface area contributed by atoms with Crippen molar-refractivity contribution in [3.63, 3.8) is 0 Å². The summed E-state index contributed by atoms with van der Waals surface area (Å²) >= 11 is 0. The van der Waals surface area contributed by atoms with Gasteiger partial charge in [0.2, 0.25) is 0 Å². The Morgan fingerprint density at radius 1 is 0.362 bits per heavy atom. The molecule has 4 aliphatic heterocycles. The highest BCUT2D eigenvalue weighted by Gasteiger charge is 2.62. The Bertz CT molecular complexity index is 1040. The van der Waals surface area contributed by atoms with Crippen molar-refractivity contribution < 1.29 is 19.1 Å². The van der Waals surface area contributed by atoms with Crippen molar-refractivity contribution in [1.29, 1.82) is 0 Å². The van der Waals surface area contributed by atoms with Crippen molar-refractivity contribution in [1.82, 2.24) is 20.8 Å². The third-order valence-electron chi connectivity index (χ3n) is 13.6. The molecule has 4 fully saturated rings. The van der Waals surface area contributed by atoms with E-state index in [4.69, 9.17) is 19.1 Å². The molecule has 0 unspecified atom stereocenters. The Morgan fingerprint density at radius 3 is 0.879 bits per heavy atom. The number of ether oxygens (including phenoxy) is 2. The highest BCUT2D eigenvalue weighted by atomic mass is 16.9. The minimum Gasteiger partial charge on any atom is -0.325 e. The molecule has 4 rings (SSSR count).